The maximum atomic E-state index is 12.7. The number of hydrogen-bond acceptors (Lipinski definition) is 7. The van der Waals surface area contributed by atoms with Crippen LogP contribution in [0.2, 0.25) is 0 Å². The minimum Gasteiger partial charge on any atom is -0.492 e. The number of pyridine rings is 1. The third-order valence-corrected chi connectivity index (χ3v) is 7.57. The third kappa shape index (κ3) is 5.54. The summed E-state index contributed by atoms with van der Waals surface area (Å²) < 4.78 is 38.0. The molecule has 8 nitrogen and oxygen atoms in total. The number of hydrogen-bond donors (Lipinski definition) is 0. The van der Waals surface area contributed by atoms with Gasteiger partial charge >= 0.3 is 0 Å². The Balaban J connectivity index is 1.26. The smallest absolute Gasteiger partial charge is 0.244 e. The lowest BCUT2D eigenvalue weighted by molar-refractivity contribution is 0.0730. The fourth-order valence-electron chi connectivity index (χ4n) is 3.85. The number of piperazine rings is 1. The zero-order valence-electron chi connectivity index (χ0n) is 17.9. The van der Waals surface area contributed by atoms with Crippen molar-refractivity contribution < 1.29 is 17.9 Å². The summed E-state index contributed by atoms with van der Waals surface area (Å²) in [7, 11) is -3.50. The van der Waals surface area contributed by atoms with Gasteiger partial charge in [0.05, 0.1) is 13.2 Å². The Morgan fingerprint density at radius 1 is 1.03 bits per heavy atom. The first-order valence-electron chi connectivity index (χ1n) is 10.7. The molecule has 0 saturated carbocycles. The molecule has 0 radical (unpaired) electrons. The number of anilines is 1. The van der Waals surface area contributed by atoms with Gasteiger partial charge in [0.15, 0.2) is 0 Å². The highest BCUT2D eigenvalue weighted by atomic mass is 32.2. The summed E-state index contributed by atoms with van der Waals surface area (Å²) in [5.41, 5.74) is 1.20. The van der Waals surface area contributed by atoms with Crippen molar-refractivity contribution in [3.8, 4) is 5.75 Å². The lowest BCUT2D eigenvalue weighted by atomic mass is 10.2. The second-order valence-electron chi connectivity index (χ2n) is 7.86. The van der Waals surface area contributed by atoms with E-state index in [4.69, 9.17) is 9.47 Å². The molecule has 0 aliphatic carbocycles. The minimum absolute atomic E-state index is 0.241. The Hall–Kier alpha value is -2.20. The Morgan fingerprint density at radius 3 is 2.48 bits per heavy atom. The van der Waals surface area contributed by atoms with Crippen LogP contribution < -0.4 is 9.64 Å². The summed E-state index contributed by atoms with van der Waals surface area (Å²) >= 11 is 0. The lowest BCUT2D eigenvalue weighted by Gasteiger charge is -2.35. The largest absolute Gasteiger partial charge is 0.492 e. The van der Waals surface area contributed by atoms with Gasteiger partial charge in [-0.2, -0.15) is 4.31 Å². The number of aromatic nitrogens is 1. The van der Waals surface area contributed by atoms with Gasteiger partial charge in [0.25, 0.3) is 0 Å². The Labute approximate surface area is 184 Å². The first-order valence-corrected chi connectivity index (χ1v) is 12.2. The summed E-state index contributed by atoms with van der Waals surface area (Å²) in [4.78, 5) is 9.26. The highest BCUT2D eigenvalue weighted by Gasteiger charge is 2.27. The van der Waals surface area contributed by atoms with Crippen LogP contribution in [0.1, 0.15) is 5.56 Å². The van der Waals surface area contributed by atoms with Crippen molar-refractivity contribution in [2.24, 2.45) is 0 Å². The normalized spacial score (nSPS) is 18.8. The topological polar surface area (TPSA) is 75.2 Å². The molecule has 0 unspecified atom stereocenters. The van der Waals surface area contributed by atoms with E-state index in [2.05, 4.69) is 27.8 Å². The monoisotopic (exact) mass is 446 g/mol. The van der Waals surface area contributed by atoms with Gasteiger partial charge in [-0.3, -0.25) is 4.90 Å². The Kier molecular flexibility index (Phi) is 7.06. The molecule has 0 spiro atoms. The fraction of sp³-hybridized carbons (Fsp3) is 0.500. The quantitative estimate of drug-likeness (QED) is 0.640. The Bertz CT molecular complexity index is 954. The number of aryl methyl sites for hydroxylation is 1. The van der Waals surface area contributed by atoms with Crippen molar-refractivity contribution in [3.63, 3.8) is 0 Å². The van der Waals surface area contributed by atoms with Crippen molar-refractivity contribution in [1.29, 1.82) is 0 Å². The van der Waals surface area contributed by atoms with E-state index in [1.54, 1.807) is 6.07 Å². The number of benzene rings is 1. The lowest BCUT2D eigenvalue weighted by Crippen LogP contribution is -2.47. The number of rotatable bonds is 7. The molecule has 0 atom stereocenters. The van der Waals surface area contributed by atoms with E-state index in [-0.39, 0.29) is 4.90 Å². The van der Waals surface area contributed by atoms with Crippen LogP contribution in [0.5, 0.6) is 5.75 Å². The molecule has 2 saturated heterocycles. The highest BCUT2D eigenvalue weighted by Crippen LogP contribution is 2.20. The summed E-state index contributed by atoms with van der Waals surface area (Å²) in [5, 5.41) is 0. The van der Waals surface area contributed by atoms with Crippen LogP contribution in [-0.4, -0.2) is 88.2 Å². The molecule has 9 heteroatoms. The van der Waals surface area contributed by atoms with E-state index in [1.165, 1.54) is 16.1 Å². The van der Waals surface area contributed by atoms with Crippen molar-refractivity contribution in [1.82, 2.24) is 14.2 Å². The van der Waals surface area contributed by atoms with Gasteiger partial charge in [0.2, 0.25) is 10.0 Å². The molecule has 0 N–H and O–H groups in total. The van der Waals surface area contributed by atoms with E-state index in [0.717, 1.165) is 44.3 Å². The van der Waals surface area contributed by atoms with Crippen LogP contribution in [0.3, 0.4) is 0 Å². The second kappa shape index (κ2) is 9.95. The maximum Gasteiger partial charge on any atom is 0.244 e. The van der Waals surface area contributed by atoms with E-state index in [0.29, 0.717) is 32.9 Å². The van der Waals surface area contributed by atoms with Crippen molar-refractivity contribution in [2.45, 2.75) is 11.8 Å². The van der Waals surface area contributed by atoms with Gasteiger partial charge in [-0.25, -0.2) is 13.4 Å². The first-order chi connectivity index (χ1) is 15.0. The summed E-state index contributed by atoms with van der Waals surface area (Å²) in [6.07, 6.45) is 1.47. The van der Waals surface area contributed by atoms with Crippen LogP contribution in [-0.2, 0) is 14.8 Å². The standard InChI is InChI=1S/C22H30N4O4S/c1-19-3-2-4-20(17-19)30-16-11-24-7-9-25(10-8-24)22-6-5-21(18-23-22)31(27,28)26-12-14-29-15-13-26/h2-6,17-18H,7-16H2,1H3. The maximum absolute atomic E-state index is 12.7. The van der Waals surface area contributed by atoms with Crippen LogP contribution >= 0.6 is 0 Å². The molecule has 2 aromatic rings. The zero-order valence-corrected chi connectivity index (χ0v) is 18.8. The van der Waals surface area contributed by atoms with Gasteiger partial charge in [0.1, 0.15) is 23.1 Å². The van der Waals surface area contributed by atoms with Gasteiger partial charge in [-0.1, -0.05) is 12.1 Å². The van der Waals surface area contributed by atoms with Crippen LogP contribution in [0.25, 0.3) is 0 Å². The predicted molar refractivity (Wildman–Crippen MR) is 119 cm³/mol. The molecule has 0 amide bonds. The summed E-state index contributed by atoms with van der Waals surface area (Å²) in [6.45, 7) is 8.81. The molecule has 0 bridgehead atoms. The van der Waals surface area contributed by atoms with E-state index >= 15 is 0 Å². The van der Waals surface area contributed by atoms with E-state index in [9.17, 15) is 8.42 Å². The van der Waals surface area contributed by atoms with Gasteiger partial charge in [-0.05, 0) is 36.8 Å². The number of morpholine rings is 1. The van der Waals surface area contributed by atoms with Crippen molar-refractivity contribution in [3.05, 3.63) is 48.2 Å². The first kappa shape index (κ1) is 22.0. The summed E-state index contributed by atoms with van der Waals surface area (Å²) in [5.74, 6) is 1.73. The second-order valence-corrected chi connectivity index (χ2v) is 9.80. The molecule has 2 fully saturated rings. The highest BCUT2D eigenvalue weighted by molar-refractivity contribution is 7.89. The van der Waals surface area contributed by atoms with Crippen molar-refractivity contribution >= 4 is 15.8 Å². The predicted octanol–water partition coefficient (Wildman–Crippen LogP) is 1.61. The van der Waals surface area contributed by atoms with Crippen LogP contribution in [0.4, 0.5) is 5.82 Å². The SMILES string of the molecule is Cc1cccc(OCCN2CCN(c3ccc(S(=O)(=O)N4CCOCC4)cn3)CC2)c1. The Morgan fingerprint density at radius 2 is 1.81 bits per heavy atom. The molecule has 4 rings (SSSR count). The van der Waals surface area contributed by atoms with Gasteiger partial charge < -0.3 is 14.4 Å². The fourth-order valence-corrected chi connectivity index (χ4v) is 5.20. The van der Waals surface area contributed by atoms with Crippen LogP contribution in [0.15, 0.2) is 47.5 Å². The molecule has 2 aliphatic rings. The molecule has 2 aliphatic heterocycles. The van der Waals surface area contributed by atoms with Crippen LogP contribution in [0, 0.1) is 6.92 Å². The number of sulfonamides is 1. The number of ether oxygens (including phenoxy) is 2. The average molecular weight is 447 g/mol. The molecule has 1 aromatic heterocycles. The molecular formula is C22H30N4O4S. The molecule has 1 aromatic carbocycles. The average Bonchev–Trinajstić information content (AvgIpc) is 2.80. The number of nitrogens with zero attached hydrogens (tertiary/aromatic N) is 4. The molecular weight excluding hydrogens is 416 g/mol. The van der Waals surface area contributed by atoms with E-state index < -0.39 is 10.0 Å². The van der Waals surface area contributed by atoms with Gasteiger partial charge in [-0.15, -0.1) is 0 Å². The molecule has 31 heavy (non-hydrogen) atoms. The van der Waals surface area contributed by atoms with Crippen molar-refractivity contribution in [2.75, 3.05) is 70.5 Å². The summed E-state index contributed by atoms with van der Waals surface area (Å²) in [6, 6.07) is 11.6. The minimum atomic E-state index is -3.50. The zero-order chi connectivity index (χ0) is 21.7. The van der Waals surface area contributed by atoms with Gasteiger partial charge in [0, 0.05) is 52.0 Å². The molecule has 3 heterocycles. The third-order valence-electron chi connectivity index (χ3n) is 5.69. The van der Waals surface area contributed by atoms with E-state index in [1.807, 2.05) is 24.3 Å². The molecule has 168 valence electrons.